The number of likely N-dealkylation sites (N-methyl/N-ethyl adjacent to an activating group) is 1. The number of aliphatic carboxylic acids is 1. The van der Waals surface area contributed by atoms with Crippen LogP contribution in [0.2, 0.25) is 0 Å². The second kappa shape index (κ2) is 17.6. The zero-order valence-electron chi connectivity index (χ0n) is 31.9. The molecule has 0 radical (unpaired) electrons. The van der Waals surface area contributed by atoms with Crippen molar-refractivity contribution in [3.05, 3.63) is 0 Å². The minimum atomic E-state index is -1.35. The van der Waals surface area contributed by atoms with E-state index < -0.39 is 95.7 Å². The molecule has 14 atom stereocenters. The van der Waals surface area contributed by atoms with Gasteiger partial charge in [0.15, 0.2) is 24.1 Å². The van der Waals surface area contributed by atoms with Crippen LogP contribution in [0.15, 0.2) is 0 Å². The highest BCUT2D eigenvalue weighted by molar-refractivity contribution is 5.87. The maximum absolute atomic E-state index is 13.6. The molecule has 3 aliphatic rings. The molecular weight excluding hydrogens is 656 g/mol. The molecule has 0 aromatic rings. The Hall–Kier alpha value is -2.85. The van der Waals surface area contributed by atoms with Gasteiger partial charge in [-0.25, -0.2) is 4.79 Å². The Morgan fingerprint density at radius 3 is 2.12 bits per heavy atom. The van der Waals surface area contributed by atoms with Crippen LogP contribution in [0.25, 0.3) is 0 Å². The molecule has 0 aromatic heterocycles. The molecule has 0 aromatic carbocycles. The lowest BCUT2D eigenvalue weighted by Gasteiger charge is -2.48. The standard InChI is InChI=1S/C33H56N2O11.C2H4O2/c1-13-23-33(9)28(45-31(39)46-33)18(4)24(34)16(2)15-32(8,40-12)27(19(5)25(37)20(6)29(38)43-23)44-30-26(42-21(7)36)22(35(10)11)14-17(3)41-30;1-2(3)4/h16-20,22-23,25-28,30,34,37H,13-15H2,1-12H3;1H3,(H,3,4)/t16-,17-,18+,19+,20-,22+,23-,25+,26-,27-,28-,30+,32+,33-;/m1./s1. The third-order valence-corrected chi connectivity index (χ3v) is 10.3. The number of carboxylic acid groups (broad SMARTS) is 1. The first-order valence-electron chi connectivity index (χ1n) is 17.3. The number of hydrogen-bond donors (Lipinski definition) is 3. The molecule has 288 valence electrons. The van der Waals surface area contributed by atoms with Crippen LogP contribution in [0.3, 0.4) is 0 Å². The van der Waals surface area contributed by atoms with E-state index in [9.17, 15) is 24.9 Å². The second-order valence-electron chi connectivity index (χ2n) is 14.6. The van der Waals surface area contributed by atoms with E-state index in [1.165, 1.54) is 14.0 Å². The zero-order chi connectivity index (χ0) is 38.5. The molecule has 3 N–H and O–H groups in total. The molecule has 3 aliphatic heterocycles. The number of cyclic esters (lactones) is 1. The number of methoxy groups -OCH3 is 1. The molecule has 3 saturated heterocycles. The summed E-state index contributed by atoms with van der Waals surface area (Å²) in [4.78, 5) is 49.3. The van der Waals surface area contributed by atoms with Crippen molar-refractivity contribution in [1.29, 1.82) is 5.41 Å². The van der Waals surface area contributed by atoms with Gasteiger partial charge in [-0.05, 0) is 67.0 Å². The van der Waals surface area contributed by atoms with Gasteiger partial charge in [0.1, 0.15) is 6.10 Å². The maximum atomic E-state index is 13.6. The fraction of sp³-hybridized carbons (Fsp3) is 0.857. The Balaban J connectivity index is 0.00000205. The van der Waals surface area contributed by atoms with Crippen LogP contribution in [0.5, 0.6) is 0 Å². The van der Waals surface area contributed by atoms with E-state index in [2.05, 4.69) is 0 Å². The molecule has 0 unspecified atom stereocenters. The number of rotatable bonds is 6. The number of carboxylic acids is 1. The molecule has 0 saturated carbocycles. The number of fused-ring (bicyclic) bond motifs is 1. The maximum Gasteiger partial charge on any atom is 0.509 e. The molecule has 3 heterocycles. The van der Waals surface area contributed by atoms with Crippen LogP contribution in [0.1, 0.15) is 88.5 Å². The smallest absolute Gasteiger partial charge is 0.481 e. The SMILES string of the molecule is CC(=O)O.CC[C@H]1OC(=O)[C@H](C)[C@@H](O)[C@H](C)[C@@H](O[C@@H]2O[C@H](C)C[C@H](N(C)C)[C@H]2OC(C)=O)[C@@](C)(OC)C[C@@H](C)C(=N)[C@H](C)[C@H]2OC(=O)O[C@@]21C. The van der Waals surface area contributed by atoms with Crippen LogP contribution in [-0.4, -0.2) is 126 Å². The van der Waals surface area contributed by atoms with Crippen LogP contribution >= 0.6 is 0 Å². The van der Waals surface area contributed by atoms with Gasteiger partial charge in [0, 0.05) is 38.5 Å². The summed E-state index contributed by atoms with van der Waals surface area (Å²) < 4.78 is 42.2. The molecule has 15 nitrogen and oxygen atoms in total. The number of aliphatic hydroxyl groups is 1. The number of aliphatic hydroxyl groups excluding tert-OH is 1. The second-order valence-corrected chi connectivity index (χ2v) is 14.6. The Labute approximate surface area is 296 Å². The highest BCUT2D eigenvalue weighted by Crippen LogP contribution is 2.42. The van der Waals surface area contributed by atoms with E-state index in [0.29, 0.717) is 12.8 Å². The summed E-state index contributed by atoms with van der Waals surface area (Å²) in [5, 5.41) is 28.4. The summed E-state index contributed by atoms with van der Waals surface area (Å²) in [5.74, 6) is -4.77. The van der Waals surface area contributed by atoms with Crippen LogP contribution in [0, 0.1) is 29.1 Å². The summed E-state index contributed by atoms with van der Waals surface area (Å²) in [6, 6.07) is -0.219. The molecule has 0 aliphatic carbocycles. The topological polar surface area (TPSA) is 200 Å². The third-order valence-electron chi connectivity index (χ3n) is 10.3. The lowest BCUT2D eigenvalue weighted by molar-refractivity contribution is -0.303. The van der Waals surface area contributed by atoms with E-state index in [0.717, 1.165) is 6.92 Å². The zero-order valence-corrected chi connectivity index (χ0v) is 31.9. The van der Waals surface area contributed by atoms with Crippen molar-refractivity contribution >= 4 is 29.8 Å². The van der Waals surface area contributed by atoms with Crippen molar-refractivity contribution < 1.29 is 62.5 Å². The van der Waals surface area contributed by atoms with E-state index in [1.807, 2.05) is 39.8 Å². The molecule has 3 rings (SSSR count). The monoisotopic (exact) mass is 716 g/mol. The van der Waals surface area contributed by atoms with Gasteiger partial charge in [0.05, 0.1) is 35.9 Å². The van der Waals surface area contributed by atoms with Gasteiger partial charge in [-0.2, -0.15) is 0 Å². The summed E-state index contributed by atoms with van der Waals surface area (Å²) >= 11 is 0. The largest absolute Gasteiger partial charge is 0.509 e. The number of hydrogen-bond acceptors (Lipinski definition) is 14. The van der Waals surface area contributed by atoms with Gasteiger partial charge < -0.3 is 53.7 Å². The summed E-state index contributed by atoms with van der Waals surface area (Å²) in [6.07, 6.45) is -5.76. The highest BCUT2D eigenvalue weighted by Gasteiger charge is 2.58. The summed E-state index contributed by atoms with van der Waals surface area (Å²) in [5.41, 5.74) is -2.21. The lowest BCUT2D eigenvalue weighted by atomic mass is 9.73. The predicted octanol–water partition coefficient (Wildman–Crippen LogP) is 3.81. The first-order chi connectivity index (χ1) is 23.0. The molecule has 0 bridgehead atoms. The van der Waals surface area contributed by atoms with Crippen molar-refractivity contribution in [3.63, 3.8) is 0 Å². The number of carbonyl (C=O) groups is 4. The highest BCUT2D eigenvalue weighted by atomic mass is 16.8. The van der Waals surface area contributed by atoms with Crippen molar-refractivity contribution in [3.8, 4) is 0 Å². The van der Waals surface area contributed by atoms with Crippen molar-refractivity contribution in [2.75, 3.05) is 21.2 Å². The number of ether oxygens (including phenoxy) is 7. The van der Waals surface area contributed by atoms with E-state index in [-0.39, 0.29) is 24.3 Å². The van der Waals surface area contributed by atoms with Crippen molar-refractivity contribution in [1.82, 2.24) is 4.90 Å². The molecule has 15 heteroatoms. The van der Waals surface area contributed by atoms with Gasteiger partial charge in [-0.3, -0.25) is 14.4 Å². The van der Waals surface area contributed by atoms with Crippen molar-refractivity contribution in [2.45, 2.75) is 149 Å². The third kappa shape index (κ3) is 9.93. The predicted molar refractivity (Wildman–Crippen MR) is 181 cm³/mol. The Kier molecular flexibility index (Phi) is 15.2. The van der Waals surface area contributed by atoms with Gasteiger partial charge in [-0.15, -0.1) is 0 Å². The molecule has 0 amide bonds. The summed E-state index contributed by atoms with van der Waals surface area (Å²) in [6.45, 7) is 16.6. The normalized spacial score (nSPS) is 41.4. The van der Waals surface area contributed by atoms with Crippen LogP contribution in [0.4, 0.5) is 4.79 Å². The van der Waals surface area contributed by atoms with Crippen LogP contribution < -0.4 is 0 Å². The molecule has 50 heavy (non-hydrogen) atoms. The van der Waals surface area contributed by atoms with Crippen LogP contribution in [-0.2, 0) is 47.5 Å². The minimum absolute atomic E-state index is 0.219. The van der Waals surface area contributed by atoms with E-state index in [4.69, 9.17) is 43.1 Å². The van der Waals surface area contributed by atoms with E-state index >= 15 is 0 Å². The molecule has 3 fully saturated rings. The average molecular weight is 717 g/mol. The number of carbonyl (C=O) groups excluding carboxylic acids is 3. The van der Waals surface area contributed by atoms with Gasteiger partial charge in [0.25, 0.3) is 5.97 Å². The Bertz CT molecular complexity index is 1210. The average Bonchev–Trinajstić information content (AvgIpc) is 3.34. The molecular formula is C35H60N2O13. The summed E-state index contributed by atoms with van der Waals surface area (Å²) in [7, 11) is 5.32. The fourth-order valence-electron chi connectivity index (χ4n) is 7.53. The fourth-order valence-corrected chi connectivity index (χ4v) is 7.53. The first-order valence-corrected chi connectivity index (χ1v) is 17.3. The number of esters is 2. The van der Waals surface area contributed by atoms with Gasteiger partial charge >= 0.3 is 18.1 Å². The Morgan fingerprint density at radius 1 is 1.04 bits per heavy atom. The number of nitrogens with zero attached hydrogens (tertiary/aromatic N) is 1. The number of nitrogens with one attached hydrogen (secondary N) is 1. The van der Waals surface area contributed by atoms with Crippen molar-refractivity contribution in [2.24, 2.45) is 23.7 Å². The first kappa shape index (κ1) is 43.3. The van der Waals surface area contributed by atoms with Gasteiger partial charge in [0.2, 0.25) is 0 Å². The minimum Gasteiger partial charge on any atom is -0.481 e. The van der Waals surface area contributed by atoms with Gasteiger partial charge in [-0.1, -0.05) is 27.7 Å². The lowest BCUT2D eigenvalue weighted by Crippen LogP contribution is -2.61. The quantitative estimate of drug-likeness (QED) is 0.265. The Morgan fingerprint density at radius 2 is 1.62 bits per heavy atom. The van der Waals surface area contributed by atoms with E-state index in [1.54, 1.807) is 34.6 Å². The molecule has 0 spiro atoms.